The van der Waals surface area contributed by atoms with Crippen molar-refractivity contribution in [3.63, 3.8) is 0 Å². The molecule has 1 heterocycles. The lowest BCUT2D eigenvalue weighted by Crippen LogP contribution is -2.34. The summed E-state index contributed by atoms with van der Waals surface area (Å²) < 4.78 is 4.61. The first-order valence-electron chi connectivity index (χ1n) is 5.59. The zero-order chi connectivity index (χ0) is 11.3. The van der Waals surface area contributed by atoms with Crippen LogP contribution in [0.5, 0.6) is 0 Å². The van der Waals surface area contributed by atoms with Crippen LogP contribution in [0.25, 0.3) is 0 Å². The van der Waals surface area contributed by atoms with Crippen LogP contribution in [0.3, 0.4) is 0 Å². The molecule has 0 spiro atoms. The number of rotatable bonds is 5. The minimum atomic E-state index is -0.105. The van der Waals surface area contributed by atoms with E-state index in [1.165, 1.54) is 20.1 Å². The summed E-state index contributed by atoms with van der Waals surface area (Å²) in [7, 11) is 5.74. The van der Waals surface area contributed by atoms with E-state index in [-0.39, 0.29) is 5.97 Å². The van der Waals surface area contributed by atoms with E-state index >= 15 is 0 Å². The molecule has 1 saturated heterocycles. The monoisotopic (exact) mass is 214 g/mol. The van der Waals surface area contributed by atoms with Crippen LogP contribution in [0.1, 0.15) is 19.3 Å². The molecule has 1 unspecified atom stereocenters. The number of likely N-dealkylation sites (N-methyl/N-ethyl adjacent to an activating group) is 2. The van der Waals surface area contributed by atoms with Gasteiger partial charge in [-0.25, -0.2) is 0 Å². The molecule has 0 saturated carbocycles. The summed E-state index contributed by atoms with van der Waals surface area (Å²) in [6.07, 6.45) is 2.66. The van der Waals surface area contributed by atoms with E-state index in [4.69, 9.17) is 0 Å². The number of carbonyl (C=O) groups is 1. The van der Waals surface area contributed by atoms with E-state index in [0.29, 0.717) is 12.5 Å². The number of esters is 1. The molecule has 0 N–H and O–H groups in total. The summed E-state index contributed by atoms with van der Waals surface area (Å²) in [6.45, 7) is 3.31. The summed E-state index contributed by atoms with van der Waals surface area (Å²) in [5, 5.41) is 0. The molecule has 1 rings (SSSR count). The zero-order valence-electron chi connectivity index (χ0n) is 10.0. The molecule has 0 aromatic carbocycles. The van der Waals surface area contributed by atoms with E-state index in [0.717, 1.165) is 19.5 Å². The minimum Gasteiger partial charge on any atom is -0.469 e. The lowest BCUT2D eigenvalue weighted by Gasteiger charge is -2.23. The fourth-order valence-corrected chi connectivity index (χ4v) is 2.03. The van der Waals surface area contributed by atoms with Crippen molar-refractivity contribution in [2.75, 3.05) is 40.8 Å². The van der Waals surface area contributed by atoms with Gasteiger partial charge in [-0.15, -0.1) is 0 Å². The molecule has 0 radical (unpaired) electrons. The third-order valence-corrected chi connectivity index (χ3v) is 3.11. The van der Waals surface area contributed by atoms with Crippen molar-refractivity contribution < 1.29 is 9.53 Å². The highest BCUT2D eigenvalue weighted by Gasteiger charge is 2.22. The van der Waals surface area contributed by atoms with Crippen LogP contribution in [-0.2, 0) is 9.53 Å². The third-order valence-electron chi connectivity index (χ3n) is 3.11. The number of hydrogen-bond donors (Lipinski definition) is 0. The van der Waals surface area contributed by atoms with E-state index in [1.54, 1.807) is 0 Å². The number of ether oxygens (including phenoxy) is 1. The molecule has 0 aromatic heterocycles. The predicted octanol–water partition coefficient (Wildman–Crippen LogP) is 0.575. The van der Waals surface area contributed by atoms with Crippen molar-refractivity contribution in [3.05, 3.63) is 0 Å². The summed E-state index contributed by atoms with van der Waals surface area (Å²) in [6, 6.07) is 0.660. The Labute approximate surface area is 92.2 Å². The first kappa shape index (κ1) is 12.5. The number of carbonyl (C=O) groups excluding carboxylic acids is 1. The van der Waals surface area contributed by atoms with Crippen molar-refractivity contribution in [2.45, 2.75) is 25.3 Å². The highest BCUT2D eigenvalue weighted by atomic mass is 16.5. The van der Waals surface area contributed by atoms with Crippen molar-refractivity contribution >= 4 is 5.97 Å². The Balaban J connectivity index is 2.13. The van der Waals surface area contributed by atoms with Crippen molar-refractivity contribution in [3.8, 4) is 0 Å². The average molecular weight is 214 g/mol. The first-order chi connectivity index (χ1) is 7.13. The Kier molecular flexibility index (Phi) is 5.05. The molecule has 0 aromatic rings. The van der Waals surface area contributed by atoms with Gasteiger partial charge in [-0.2, -0.15) is 0 Å². The van der Waals surface area contributed by atoms with Crippen LogP contribution in [-0.4, -0.2) is 62.7 Å². The van der Waals surface area contributed by atoms with Crippen LogP contribution in [0.4, 0.5) is 0 Å². The Morgan fingerprint density at radius 1 is 1.60 bits per heavy atom. The lowest BCUT2D eigenvalue weighted by atomic mass is 10.2. The van der Waals surface area contributed by atoms with Gasteiger partial charge in [-0.3, -0.25) is 4.79 Å². The van der Waals surface area contributed by atoms with Crippen molar-refractivity contribution in [1.82, 2.24) is 9.80 Å². The molecule has 88 valence electrons. The first-order valence-corrected chi connectivity index (χ1v) is 5.59. The molecular formula is C11H22N2O2. The fraction of sp³-hybridized carbons (Fsp3) is 0.909. The topological polar surface area (TPSA) is 32.8 Å². The molecule has 4 heteroatoms. The van der Waals surface area contributed by atoms with Gasteiger partial charge in [0.15, 0.2) is 0 Å². The normalized spacial score (nSPS) is 22.3. The maximum absolute atomic E-state index is 10.9. The summed E-state index contributed by atoms with van der Waals surface area (Å²) in [5.41, 5.74) is 0. The molecule has 1 atom stereocenters. The van der Waals surface area contributed by atoms with E-state index in [2.05, 4.69) is 28.6 Å². The molecule has 0 bridgehead atoms. The predicted molar refractivity (Wildman–Crippen MR) is 59.8 cm³/mol. The smallest absolute Gasteiger partial charge is 0.305 e. The lowest BCUT2D eigenvalue weighted by molar-refractivity contribution is -0.140. The summed E-state index contributed by atoms with van der Waals surface area (Å²) in [4.78, 5) is 15.6. The Morgan fingerprint density at radius 3 is 2.87 bits per heavy atom. The second kappa shape index (κ2) is 6.08. The van der Waals surface area contributed by atoms with Gasteiger partial charge >= 0.3 is 5.97 Å². The SMILES string of the molecule is COC(=O)CCCN(C)C1CCN(C)C1. The van der Waals surface area contributed by atoms with Crippen molar-refractivity contribution in [1.29, 1.82) is 0 Å². The van der Waals surface area contributed by atoms with Gasteiger partial charge in [0.05, 0.1) is 7.11 Å². The maximum Gasteiger partial charge on any atom is 0.305 e. The third kappa shape index (κ3) is 4.18. The molecule has 1 aliphatic heterocycles. The van der Waals surface area contributed by atoms with Gasteiger partial charge in [0, 0.05) is 19.0 Å². The van der Waals surface area contributed by atoms with E-state index in [9.17, 15) is 4.79 Å². The minimum absolute atomic E-state index is 0.105. The maximum atomic E-state index is 10.9. The molecule has 1 aliphatic rings. The molecule has 0 amide bonds. The van der Waals surface area contributed by atoms with Crippen LogP contribution < -0.4 is 0 Å². The Morgan fingerprint density at radius 2 is 2.33 bits per heavy atom. The van der Waals surface area contributed by atoms with Crippen molar-refractivity contribution in [2.24, 2.45) is 0 Å². The molecule has 15 heavy (non-hydrogen) atoms. The second-order valence-corrected chi connectivity index (χ2v) is 4.37. The standard InChI is InChI=1S/C11H22N2O2/c1-12-8-6-10(9-12)13(2)7-4-5-11(14)15-3/h10H,4-9H2,1-3H3. The van der Waals surface area contributed by atoms with Gasteiger partial charge in [-0.1, -0.05) is 0 Å². The van der Waals surface area contributed by atoms with Crippen LogP contribution in [0.2, 0.25) is 0 Å². The Hall–Kier alpha value is -0.610. The van der Waals surface area contributed by atoms with Crippen LogP contribution >= 0.6 is 0 Å². The fourth-order valence-electron chi connectivity index (χ4n) is 2.03. The molecule has 0 aliphatic carbocycles. The molecule has 1 fully saturated rings. The van der Waals surface area contributed by atoms with Crippen LogP contribution in [0.15, 0.2) is 0 Å². The van der Waals surface area contributed by atoms with Gasteiger partial charge < -0.3 is 14.5 Å². The van der Waals surface area contributed by atoms with Gasteiger partial charge in [0.1, 0.15) is 0 Å². The zero-order valence-corrected chi connectivity index (χ0v) is 10.0. The van der Waals surface area contributed by atoms with E-state index in [1.807, 2.05) is 0 Å². The summed E-state index contributed by atoms with van der Waals surface area (Å²) >= 11 is 0. The van der Waals surface area contributed by atoms with Gasteiger partial charge in [0.25, 0.3) is 0 Å². The number of methoxy groups -OCH3 is 1. The summed E-state index contributed by atoms with van der Waals surface area (Å²) in [5.74, 6) is -0.105. The largest absolute Gasteiger partial charge is 0.469 e. The number of nitrogens with zero attached hydrogens (tertiary/aromatic N) is 2. The average Bonchev–Trinajstić information content (AvgIpc) is 2.64. The number of likely N-dealkylation sites (tertiary alicyclic amines) is 1. The quantitative estimate of drug-likeness (QED) is 0.627. The van der Waals surface area contributed by atoms with Crippen LogP contribution in [0, 0.1) is 0 Å². The Bertz CT molecular complexity index is 209. The molecule has 4 nitrogen and oxygen atoms in total. The van der Waals surface area contributed by atoms with Gasteiger partial charge in [-0.05, 0) is 40.0 Å². The second-order valence-electron chi connectivity index (χ2n) is 4.37. The highest BCUT2D eigenvalue weighted by Crippen LogP contribution is 2.12. The highest BCUT2D eigenvalue weighted by molar-refractivity contribution is 5.69. The molecular weight excluding hydrogens is 192 g/mol. The van der Waals surface area contributed by atoms with Gasteiger partial charge in [0.2, 0.25) is 0 Å². The number of hydrogen-bond acceptors (Lipinski definition) is 4. The van der Waals surface area contributed by atoms with E-state index < -0.39 is 0 Å².